The number of hydrogen-bond acceptors (Lipinski definition) is 4. The molecule has 0 radical (unpaired) electrons. The van der Waals surface area contributed by atoms with Crippen LogP contribution in [0.1, 0.15) is 105 Å². The Morgan fingerprint density at radius 1 is 1.07 bits per heavy atom. The largest absolute Gasteiger partial charge is 0.487 e. The number of nitrogens with zero attached hydrogens (tertiary/aromatic N) is 1. The first-order chi connectivity index (χ1) is 20.0. The zero-order valence-corrected chi connectivity index (χ0v) is 25.8. The Balaban J connectivity index is 1.34. The summed E-state index contributed by atoms with van der Waals surface area (Å²) in [7, 11) is 0. The smallest absolute Gasteiger partial charge is 0.250 e. The van der Waals surface area contributed by atoms with E-state index < -0.39 is 6.10 Å². The maximum absolute atomic E-state index is 13.6. The normalized spacial score (nSPS) is 19.2. The van der Waals surface area contributed by atoms with Crippen LogP contribution < -0.4 is 10.3 Å². The lowest BCUT2D eigenvalue weighted by molar-refractivity contribution is 0.0344. The summed E-state index contributed by atoms with van der Waals surface area (Å²) in [5, 5.41) is 11.7. The number of rotatable bonds is 10. The van der Waals surface area contributed by atoms with Crippen molar-refractivity contribution in [2.75, 3.05) is 0 Å². The molecule has 0 bridgehead atoms. The summed E-state index contributed by atoms with van der Waals surface area (Å²) in [5.74, 6) is 1.08. The highest BCUT2D eigenvalue weighted by molar-refractivity contribution is 5.95. The molecule has 2 aliphatic rings. The van der Waals surface area contributed by atoms with Crippen molar-refractivity contribution >= 4 is 5.78 Å². The minimum absolute atomic E-state index is 0.0328. The number of aromatic nitrogens is 1. The fraction of sp³-hybridized carbons (Fsp3) is 0.514. The molecule has 1 aliphatic carbocycles. The first kappa shape index (κ1) is 30.3. The average molecular weight is 570 g/mol. The van der Waals surface area contributed by atoms with E-state index >= 15 is 0 Å². The van der Waals surface area contributed by atoms with Gasteiger partial charge < -0.3 is 14.4 Å². The second-order valence-electron chi connectivity index (χ2n) is 14.1. The summed E-state index contributed by atoms with van der Waals surface area (Å²) < 4.78 is 8.26. The number of ether oxygens (including phenoxy) is 1. The van der Waals surface area contributed by atoms with Gasteiger partial charge in [-0.2, -0.15) is 0 Å². The van der Waals surface area contributed by atoms with Crippen LogP contribution in [0.5, 0.6) is 5.75 Å². The molecule has 3 aromatic rings. The predicted molar refractivity (Wildman–Crippen MR) is 168 cm³/mol. The van der Waals surface area contributed by atoms with Gasteiger partial charge in [0.2, 0.25) is 0 Å². The number of fused-ring (bicyclic) bond motifs is 1. The van der Waals surface area contributed by atoms with Crippen LogP contribution in [0.15, 0.2) is 71.7 Å². The Hall–Kier alpha value is -3.18. The SMILES string of the molecule is Cc1ccc2c(c1)[C@@H](CC[C@@H](O)[C@@H](CC(=O)c1ccc(=O)n(CC(C)(C)C)c1)Cc1ccccc1)CC1(CCCC1)O2. The number of aryl methyl sites for hydroxylation is 1. The number of carbonyl (C=O) groups excluding carboxylic acids is 1. The van der Waals surface area contributed by atoms with Crippen molar-refractivity contribution in [3.8, 4) is 5.75 Å². The monoisotopic (exact) mass is 569 g/mol. The minimum atomic E-state index is -0.620. The summed E-state index contributed by atoms with van der Waals surface area (Å²) in [6.07, 6.45) is 9.04. The minimum Gasteiger partial charge on any atom is -0.487 e. The van der Waals surface area contributed by atoms with Gasteiger partial charge in [0.25, 0.3) is 5.56 Å². The molecular weight excluding hydrogens is 522 g/mol. The van der Waals surface area contributed by atoms with E-state index in [0.717, 1.165) is 37.0 Å². The molecule has 0 amide bonds. The first-order valence-electron chi connectivity index (χ1n) is 15.8. The number of Topliss-reactive ketones (excluding diaryl/α,β-unsaturated/α-hetero) is 1. The Morgan fingerprint density at radius 2 is 1.81 bits per heavy atom. The summed E-state index contributed by atoms with van der Waals surface area (Å²) in [6, 6.07) is 19.8. The average Bonchev–Trinajstić information content (AvgIpc) is 3.39. The van der Waals surface area contributed by atoms with Crippen molar-refractivity contribution < 1.29 is 14.6 Å². The summed E-state index contributed by atoms with van der Waals surface area (Å²) >= 11 is 0. The van der Waals surface area contributed by atoms with E-state index in [0.29, 0.717) is 30.9 Å². The molecule has 1 N–H and O–H groups in total. The van der Waals surface area contributed by atoms with E-state index in [2.05, 4.69) is 58.0 Å². The number of benzene rings is 2. The van der Waals surface area contributed by atoms with Gasteiger partial charge in [0.15, 0.2) is 5.78 Å². The molecule has 1 fully saturated rings. The molecule has 5 rings (SSSR count). The molecule has 1 aliphatic heterocycles. The quantitative estimate of drug-likeness (QED) is 0.255. The van der Waals surface area contributed by atoms with Crippen LogP contribution in [0.3, 0.4) is 0 Å². The van der Waals surface area contributed by atoms with Gasteiger partial charge >= 0.3 is 0 Å². The first-order valence-corrected chi connectivity index (χ1v) is 15.8. The number of hydrogen-bond donors (Lipinski definition) is 1. The Kier molecular flexibility index (Phi) is 9.08. The highest BCUT2D eigenvalue weighted by Gasteiger charge is 2.43. The van der Waals surface area contributed by atoms with Crippen LogP contribution in [0.25, 0.3) is 0 Å². The van der Waals surface area contributed by atoms with Gasteiger partial charge in [-0.25, -0.2) is 0 Å². The third-order valence-electron chi connectivity index (χ3n) is 9.16. The summed E-state index contributed by atoms with van der Waals surface area (Å²) in [4.78, 5) is 26.1. The van der Waals surface area contributed by atoms with Gasteiger partial charge in [0.1, 0.15) is 11.4 Å². The molecule has 0 unspecified atom stereocenters. The molecule has 1 saturated carbocycles. The fourth-order valence-electron chi connectivity index (χ4n) is 7.05. The third kappa shape index (κ3) is 7.42. The van der Waals surface area contributed by atoms with Crippen LogP contribution in [0, 0.1) is 18.3 Å². The fourth-order valence-corrected chi connectivity index (χ4v) is 7.05. The van der Waals surface area contributed by atoms with Gasteiger partial charge in [-0.1, -0.05) is 68.8 Å². The second-order valence-corrected chi connectivity index (χ2v) is 14.1. The molecule has 5 nitrogen and oxygen atoms in total. The number of aliphatic hydroxyl groups is 1. The zero-order valence-electron chi connectivity index (χ0n) is 25.8. The number of aliphatic hydroxyl groups excluding tert-OH is 1. The Labute approximate surface area is 250 Å². The second kappa shape index (κ2) is 12.6. The van der Waals surface area contributed by atoms with E-state index in [1.54, 1.807) is 16.8 Å². The van der Waals surface area contributed by atoms with Crippen molar-refractivity contribution in [2.24, 2.45) is 11.3 Å². The predicted octanol–water partition coefficient (Wildman–Crippen LogP) is 7.65. The maximum atomic E-state index is 13.6. The molecule has 5 heteroatoms. The number of pyridine rings is 1. The molecular formula is C37H47NO4. The van der Waals surface area contributed by atoms with Crippen molar-refractivity contribution in [1.29, 1.82) is 0 Å². The van der Waals surface area contributed by atoms with Gasteiger partial charge in [0, 0.05) is 30.8 Å². The van der Waals surface area contributed by atoms with E-state index in [-0.39, 0.29) is 34.7 Å². The molecule has 1 spiro atoms. The van der Waals surface area contributed by atoms with E-state index in [1.807, 2.05) is 18.2 Å². The van der Waals surface area contributed by atoms with Crippen LogP contribution >= 0.6 is 0 Å². The molecule has 2 aromatic carbocycles. The number of ketones is 1. The Bertz CT molecular complexity index is 1430. The topological polar surface area (TPSA) is 68.5 Å². The highest BCUT2D eigenvalue weighted by Crippen LogP contribution is 2.49. The van der Waals surface area contributed by atoms with E-state index in [9.17, 15) is 14.7 Å². The molecule has 42 heavy (non-hydrogen) atoms. The lowest BCUT2D eigenvalue weighted by atomic mass is 9.77. The third-order valence-corrected chi connectivity index (χ3v) is 9.16. The molecule has 2 heterocycles. The van der Waals surface area contributed by atoms with E-state index in [4.69, 9.17) is 4.74 Å². The van der Waals surface area contributed by atoms with Crippen LogP contribution in [0.2, 0.25) is 0 Å². The van der Waals surface area contributed by atoms with Crippen molar-refractivity contribution in [3.05, 3.63) is 99.5 Å². The highest BCUT2D eigenvalue weighted by atomic mass is 16.5. The van der Waals surface area contributed by atoms with E-state index in [1.165, 1.54) is 30.0 Å². The molecule has 224 valence electrons. The molecule has 1 aromatic heterocycles. The van der Waals surface area contributed by atoms with Crippen LogP contribution in [0.4, 0.5) is 0 Å². The van der Waals surface area contributed by atoms with Crippen LogP contribution in [-0.2, 0) is 13.0 Å². The number of carbonyl (C=O) groups is 1. The Morgan fingerprint density at radius 3 is 2.52 bits per heavy atom. The lowest BCUT2D eigenvalue weighted by Gasteiger charge is -2.40. The van der Waals surface area contributed by atoms with Crippen LogP contribution in [-0.4, -0.2) is 27.2 Å². The van der Waals surface area contributed by atoms with Crippen molar-refractivity contribution in [2.45, 2.75) is 110 Å². The maximum Gasteiger partial charge on any atom is 0.250 e. The van der Waals surface area contributed by atoms with Gasteiger partial charge in [-0.15, -0.1) is 0 Å². The van der Waals surface area contributed by atoms with Crippen molar-refractivity contribution in [3.63, 3.8) is 0 Å². The lowest BCUT2D eigenvalue weighted by Crippen LogP contribution is -2.38. The van der Waals surface area contributed by atoms with Crippen molar-refractivity contribution in [1.82, 2.24) is 4.57 Å². The summed E-state index contributed by atoms with van der Waals surface area (Å²) in [5.41, 5.74) is 3.87. The van der Waals surface area contributed by atoms with Gasteiger partial charge in [0.05, 0.1) is 6.10 Å². The standard InChI is InChI=1S/C37H47NO4/c1-26-12-16-34-31(20-26)28(23-37(42-34)18-8-9-19-37)13-15-32(39)30(21-27-10-6-5-7-11-27)22-33(40)29-14-17-35(41)38(24-29)25-36(2,3)4/h5-7,10-12,14,16-17,20,24,28,30,32,39H,8-9,13,15,18-19,21-23,25H2,1-4H3/t28-,30+,32+/m0/s1. The summed E-state index contributed by atoms with van der Waals surface area (Å²) in [6.45, 7) is 8.89. The molecule has 0 saturated heterocycles. The molecule has 3 atom stereocenters. The zero-order chi connectivity index (χ0) is 29.9. The van der Waals surface area contributed by atoms with Gasteiger partial charge in [-0.05, 0) is 98.8 Å². The van der Waals surface area contributed by atoms with Gasteiger partial charge in [-0.3, -0.25) is 9.59 Å².